The summed E-state index contributed by atoms with van der Waals surface area (Å²) in [6.45, 7) is 53.9. The van der Waals surface area contributed by atoms with Gasteiger partial charge >= 0.3 is 5.97 Å². The second-order valence-corrected chi connectivity index (χ2v) is 47.4. The SMILES string of the molecule is C=CC[C@@H]1/C=C(\C)C[C@H](C)C[C@H](OC)[C@@H](O[Si](C)(C)C(C)(C)C)[C@@H](OC)C[C@@H](C)C(=O)C(=O)C(=O)N2CCCC[C@H]2C(=O)O[C@H](/C(C)=C/[C@@H]2CC[C@@H](O[Si](C(C)C)(C(C)C)C(C)C)[C@H](OC)C2)[C@H](C)[C@@H](O[Si](C(C)C)(C(C)C)C(C)C)C[C@@H]1OCc1ccc(OC)cc1. The van der Waals surface area contributed by atoms with Crippen LogP contribution in [0.15, 0.2) is 60.2 Å². The van der Waals surface area contributed by atoms with Gasteiger partial charge in [-0.25, -0.2) is 4.79 Å². The predicted molar refractivity (Wildman–Crippen MR) is 386 cm³/mol. The van der Waals surface area contributed by atoms with Crippen molar-refractivity contribution in [2.45, 2.75) is 322 Å². The maximum absolute atomic E-state index is 15.7. The molecule has 3 aliphatic rings. The molecule has 1 saturated heterocycles. The molecule has 14 atom stereocenters. The van der Waals surface area contributed by atoms with E-state index in [9.17, 15) is 14.4 Å². The van der Waals surface area contributed by atoms with Gasteiger partial charge in [-0.3, -0.25) is 14.4 Å². The van der Waals surface area contributed by atoms with Gasteiger partial charge in [0, 0.05) is 45.6 Å². The number of ether oxygens (including phenoxy) is 6. The van der Waals surface area contributed by atoms with Gasteiger partial charge in [-0.2, -0.15) is 0 Å². The number of Topliss-reactive ketones (excluding diaryl/α,β-unsaturated/α-hetero) is 2. The first-order valence-electron chi connectivity index (χ1n) is 35.8. The zero-order chi connectivity index (χ0) is 70.2. The molecule has 2 heterocycles. The summed E-state index contributed by atoms with van der Waals surface area (Å²) >= 11 is 0. The van der Waals surface area contributed by atoms with Crippen molar-refractivity contribution in [3.63, 3.8) is 0 Å². The van der Waals surface area contributed by atoms with Crippen molar-refractivity contribution in [2.75, 3.05) is 35.0 Å². The van der Waals surface area contributed by atoms with Gasteiger partial charge in [0.2, 0.25) is 22.4 Å². The standard InChI is InChI=1S/C76H133NO13Si3/c1-28-31-61-41-54(14)40-55(15)42-68(84-24)73(90-91(26,27)76(19,20)21)69(85-25)44-56(16)70(78)71(79)74(80)77-39-30-29-32-63(77)75(81)87-72(57(17)43-60-35-38-64(67(45-60)83-23)88-92(48(2)3,49(4)5)50(6)7)58(18)65(89-93(51(8)9,52(10)11)53(12)13)46-66(61)86-47-59-33-36-62(82-22)37-34-59/h28,33-34,36-37,41,43,48-53,55-56,58,60-61,63-69,72-73H,1,29-32,35,38-40,42,44-47H2,2-27H3/b54-41+,57-43+/t55-,56+,58+,60-,61+,63-,64+,65-,66-,67+,68-,69-,72+,73+/m0/s1. The lowest BCUT2D eigenvalue weighted by Gasteiger charge is -2.48. The topological polar surface area (TPSA) is 155 Å². The minimum Gasteiger partial charge on any atom is -0.497 e. The Balaban J connectivity index is 2.08. The number of carbonyl (C=O) groups excluding carboxylic acids is 4. The molecule has 0 unspecified atom stereocenters. The Morgan fingerprint density at radius 1 is 0.677 bits per heavy atom. The lowest BCUT2D eigenvalue weighted by Crippen LogP contribution is -2.55. The number of rotatable bonds is 23. The molecule has 0 spiro atoms. The molecule has 2 fully saturated rings. The van der Waals surface area contributed by atoms with Crippen LogP contribution >= 0.6 is 0 Å². The minimum atomic E-state index is -2.75. The fraction of sp³-hybridized carbons (Fsp3) is 0.789. The van der Waals surface area contributed by atoms with E-state index in [2.05, 4.69) is 163 Å². The lowest BCUT2D eigenvalue weighted by molar-refractivity contribution is -0.165. The highest BCUT2D eigenvalue weighted by atomic mass is 28.4. The number of amides is 1. The van der Waals surface area contributed by atoms with Gasteiger partial charge in [0.25, 0.3) is 11.7 Å². The number of piperidine rings is 1. The Morgan fingerprint density at radius 3 is 1.72 bits per heavy atom. The number of cyclic esters (lactones) is 1. The predicted octanol–water partition coefficient (Wildman–Crippen LogP) is 17.9. The number of methoxy groups -OCH3 is 4. The molecule has 4 rings (SSSR count). The van der Waals surface area contributed by atoms with E-state index in [1.165, 1.54) is 10.5 Å². The van der Waals surface area contributed by atoms with Gasteiger partial charge in [0.05, 0.1) is 56.4 Å². The molecule has 1 saturated carbocycles. The van der Waals surface area contributed by atoms with E-state index in [1.807, 2.05) is 30.3 Å². The van der Waals surface area contributed by atoms with Gasteiger partial charge in [-0.05, 0) is 171 Å². The number of nitrogens with zero attached hydrogens (tertiary/aromatic N) is 1. The molecule has 0 radical (unpaired) electrons. The van der Waals surface area contributed by atoms with Gasteiger partial charge in [-0.1, -0.05) is 161 Å². The fourth-order valence-corrected chi connectivity index (χ4v) is 28.9. The van der Waals surface area contributed by atoms with Crippen LogP contribution < -0.4 is 4.74 Å². The van der Waals surface area contributed by atoms with Crippen LogP contribution in [0.25, 0.3) is 0 Å². The molecular weight excluding hydrogens is 1220 g/mol. The third kappa shape index (κ3) is 21.0. The Hall–Kier alpha value is -3.11. The number of ketones is 2. The monoisotopic (exact) mass is 1350 g/mol. The van der Waals surface area contributed by atoms with Gasteiger partial charge in [0.15, 0.2) is 8.32 Å². The molecule has 0 N–H and O–H groups in total. The van der Waals surface area contributed by atoms with Crippen LogP contribution in [-0.2, 0) is 62.7 Å². The van der Waals surface area contributed by atoms with Crippen LogP contribution in [0, 0.1) is 29.6 Å². The average molecular weight is 1350 g/mol. The molecule has 93 heavy (non-hydrogen) atoms. The molecule has 1 amide bonds. The second-order valence-electron chi connectivity index (χ2n) is 31.8. The quantitative estimate of drug-likeness (QED) is 0.0442. The first-order valence-corrected chi connectivity index (χ1v) is 43.0. The molecular formula is C76H133NO13Si3. The van der Waals surface area contributed by atoms with Crippen LogP contribution in [0.1, 0.15) is 215 Å². The third-order valence-corrected chi connectivity index (χ3v) is 39.0. The van der Waals surface area contributed by atoms with E-state index in [0.29, 0.717) is 55.3 Å². The summed E-state index contributed by atoms with van der Waals surface area (Å²) in [4.78, 5) is 61.0. The van der Waals surface area contributed by atoms with Crippen LogP contribution in [0.5, 0.6) is 5.75 Å². The molecule has 1 aliphatic carbocycles. The number of carbonyl (C=O) groups is 4. The van der Waals surface area contributed by atoms with Crippen molar-refractivity contribution in [1.82, 2.24) is 4.90 Å². The highest BCUT2D eigenvalue weighted by Gasteiger charge is 2.52. The van der Waals surface area contributed by atoms with E-state index in [1.54, 1.807) is 35.4 Å². The number of hydrogen-bond donors (Lipinski definition) is 0. The Labute approximate surface area is 569 Å². The van der Waals surface area contributed by atoms with E-state index >= 15 is 4.79 Å². The van der Waals surface area contributed by atoms with E-state index in [-0.39, 0.29) is 71.0 Å². The summed E-state index contributed by atoms with van der Waals surface area (Å²) in [7, 11) is -0.740. The number of hydrogen-bond acceptors (Lipinski definition) is 13. The Bertz CT molecular complexity index is 2530. The summed E-state index contributed by atoms with van der Waals surface area (Å²) in [5, 5.41) is -0.179. The van der Waals surface area contributed by atoms with Crippen LogP contribution in [0.4, 0.5) is 0 Å². The molecule has 0 bridgehead atoms. The number of esters is 1. The largest absolute Gasteiger partial charge is 0.497 e. The summed E-state index contributed by atoms with van der Waals surface area (Å²) < 4.78 is 62.2. The Kier molecular flexibility index (Phi) is 32.4. The molecule has 17 heteroatoms. The smallest absolute Gasteiger partial charge is 0.329 e. The summed E-state index contributed by atoms with van der Waals surface area (Å²) in [6.07, 6.45) is 9.40. The number of benzene rings is 1. The Morgan fingerprint density at radius 2 is 1.22 bits per heavy atom. The van der Waals surface area contributed by atoms with Crippen LogP contribution in [-0.4, -0.2) is 143 Å². The highest BCUT2D eigenvalue weighted by Crippen LogP contribution is 2.48. The summed E-state index contributed by atoms with van der Waals surface area (Å²) in [5.41, 5.74) is 4.98. The van der Waals surface area contributed by atoms with Crippen molar-refractivity contribution in [1.29, 1.82) is 0 Å². The zero-order valence-corrected chi connectivity index (χ0v) is 66.2. The van der Waals surface area contributed by atoms with E-state index in [0.717, 1.165) is 42.6 Å². The maximum atomic E-state index is 15.7. The normalized spacial score (nSPS) is 29.7. The lowest BCUT2D eigenvalue weighted by atomic mass is 9.81. The first kappa shape index (κ1) is 82.3. The van der Waals surface area contributed by atoms with Crippen LogP contribution in [0.3, 0.4) is 0 Å². The average Bonchev–Trinajstić information content (AvgIpc) is 1.03. The zero-order valence-electron chi connectivity index (χ0n) is 63.2. The van der Waals surface area contributed by atoms with Gasteiger partial charge in [-0.15, -0.1) is 6.58 Å². The van der Waals surface area contributed by atoms with Crippen molar-refractivity contribution >= 4 is 48.4 Å². The maximum Gasteiger partial charge on any atom is 0.329 e. The van der Waals surface area contributed by atoms with E-state index in [4.69, 9.17) is 41.7 Å². The first-order chi connectivity index (χ1) is 43.4. The van der Waals surface area contributed by atoms with Crippen molar-refractivity contribution < 1.29 is 60.9 Å². The van der Waals surface area contributed by atoms with Crippen molar-refractivity contribution in [3.05, 3.63) is 65.8 Å². The molecule has 2 aliphatic heterocycles. The minimum absolute atomic E-state index is 0.0498. The number of fused-ring (bicyclic) bond motifs is 1. The van der Waals surface area contributed by atoms with Crippen LogP contribution in [0.2, 0.25) is 51.4 Å². The van der Waals surface area contributed by atoms with E-state index < -0.39 is 103 Å². The van der Waals surface area contributed by atoms with Gasteiger partial charge in [0.1, 0.15) is 17.9 Å². The third-order valence-electron chi connectivity index (χ3n) is 22.3. The molecule has 1 aromatic rings. The molecule has 1 aromatic carbocycles. The highest BCUT2D eigenvalue weighted by molar-refractivity contribution is 6.78. The molecule has 0 aromatic heterocycles. The summed E-state index contributed by atoms with van der Waals surface area (Å²) in [5.74, 6) is -4.17. The van der Waals surface area contributed by atoms with Gasteiger partial charge < -0.3 is 46.6 Å². The fourth-order valence-electron chi connectivity index (χ4n) is 16.3. The molecule has 532 valence electrons. The number of allylic oxidation sites excluding steroid dienone is 3. The summed E-state index contributed by atoms with van der Waals surface area (Å²) in [6, 6.07) is 6.92. The van der Waals surface area contributed by atoms with Crippen molar-refractivity contribution in [3.8, 4) is 5.75 Å². The second kappa shape index (κ2) is 36.6. The van der Waals surface area contributed by atoms with Crippen molar-refractivity contribution in [2.24, 2.45) is 29.6 Å². The molecule has 14 nitrogen and oxygen atoms in total.